The largest absolute Gasteiger partial charge is 0.399 e. The van der Waals surface area contributed by atoms with Crippen molar-refractivity contribution in [3.05, 3.63) is 59.4 Å². The predicted molar refractivity (Wildman–Crippen MR) is 78.6 cm³/mol. The number of fused-ring (bicyclic) bond motifs is 1. The standard InChI is InChI=1S/C15H15FN2O2S/c16-13-7-14(17)9-15(8-13)21(19,20)18-6-5-11-3-1-2-4-12(11)10-18/h1-4,7-9H,5-6,10,17H2. The number of sulfonamides is 1. The van der Waals surface area contributed by atoms with Crippen LogP contribution in [0.5, 0.6) is 0 Å². The summed E-state index contributed by atoms with van der Waals surface area (Å²) < 4.78 is 40.0. The Morgan fingerprint density at radius 3 is 2.52 bits per heavy atom. The monoisotopic (exact) mass is 306 g/mol. The molecule has 1 aliphatic rings. The molecule has 0 saturated heterocycles. The van der Waals surface area contributed by atoms with E-state index < -0.39 is 15.8 Å². The summed E-state index contributed by atoms with van der Waals surface area (Å²) in [6.45, 7) is 0.685. The van der Waals surface area contributed by atoms with Crippen molar-refractivity contribution in [2.24, 2.45) is 0 Å². The lowest BCUT2D eigenvalue weighted by molar-refractivity contribution is 0.391. The fourth-order valence-electron chi connectivity index (χ4n) is 2.56. The summed E-state index contributed by atoms with van der Waals surface area (Å²) in [5.41, 5.74) is 7.78. The molecule has 0 spiro atoms. The molecule has 2 aromatic rings. The molecule has 0 fully saturated rings. The number of nitrogen functional groups attached to an aromatic ring is 1. The Hall–Kier alpha value is -1.92. The van der Waals surface area contributed by atoms with E-state index in [2.05, 4.69) is 0 Å². The molecule has 0 saturated carbocycles. The predicted octanol–water partition coefficient (Wildman–Crippen LogP) is 2.15. The molecule has 3 rings (SSSR count). The Kier molecular flexibility index (Phi) is 3.43. The molecule has 0 aromatic heterocycles. The van der Waals surface area contributed by atoms with Gasteiger partial charge in [0.15, 0.2) is 0 Å². The number of halogens is 1. The first-order valence-electron chi connectivity index (χ1n) is 6.60. The van der Waals surface area contributed by atoms with Crippen molar-refractivity contribution in [2.75, 3.05) is 12.3 Å². The van der Waals surface area contributed by atoms with Crippen molar-refractivity contribution >= 4 is 15.7 Å². The quantitative estimate of drug-likeness (QED) is 0.865. The topological polar surface area (TPSA) is 63.4 Å². The number of nitrogens with zero attached hydrogens (tertiary/aromatic N) is 1. The second kappa shape index (κ2) is 5.13. The average molecular weight is 306 g/mol. The number of anilines is 1. The van der Waals surface area contributed by atoms with Gasteiger partial charge in [0.1, 0.15) is 5.82 Å². The van der Waals surface area contributed by atoms with E-state index in [1.54, 1.807) is 0 Å². The van der Waals surface area contributed by atoms with E-state index in [-0.39, 0.29) is 10.6 Å². The van der Waals surface area contributed by atoms with Gasteiger partial charge in [0.05, 0.1) is 4.90 Å². The first-order chi connectivity index (χ1) is 9.96. The SMILES string of the molecule is Nc1cc(F)cc(S(=O)(=O)N2CCc3ccccc3C2)c1. The molecular weight excluding hydrogens is 291 g/mol. The molecule has 0 amide bonds. The van der Waals surface area contributed by atoms with Crippen LogP contribution in [0, 0.1) is 5.82 Å². The second-order valence-corrected chi connectivity index (χ2v) is 7.02. The van der Waals surface area contributed by atoms with Crippen molar-refractivity contribution < 1.29 is 12.8 Å². The minimum absolute atomic E-state index is 0.0978. The third-order valence-electron chi connectivity index (χ3n) is 3.63. The zero-order chi connectivity index (χ0) is 15.0. The highest BCUT2D eigenvalue weighted by Gasteiger charge is 2.28. The van der Waals surface area contributed by atoms with Crippen LogP contribution in [0.25, 0.3) is 0 Å². The van der Waals surface area contributed by atoms with E-state index in [1.165, 1.54) is 10.4 Å². The van der Waals surface area contributed by atoms with Gasteiger partial charge < -0.3 is 5.73 Å². The molecule has 1 aliphatic heterocycles. The lowest BCUT2D eigenvalue weighted by atomic mass is 10.0. The van der Waals surface area contributed by atoms with Crippen LogP contribution in [-0.4, -0.2) is 19.3 Å². The van der Waals surface area contributed by atoms with Gasteiger partial charge in [0.25, 0.3) is 0 Å². The number of rotatable bonds is 2. The molecule has 1 heterocycles. The van der Waals surface area contributed by atoms with Gasteiger partial charge >= 0.3 is 0 Å². The number of hydrogen-bond donors (Lipinski definition) is 1. The van der Waals surface area contributed by atoms with Gasteiger partial charge in [-0.25, -0.2) is 12.8 Å². The van der Waals surface area contributed by atoms with Crippen LogP contribution in [0.3, 0.4) is 0 Å². The first kappa shape index (κ1) is 14.0. The molecule has 21 heavy (non-hydrogen) atoms. The van der Waals surface area contributed by atoms with Crippen LogP contribution in [0.1, 0.15) is 11.1 Å². The van der Waals surface area contributed by atoms with Gasteiger partial charge in [-0.1, -0.05) is 24.3 Å². The number of nitrogens with two attached hydrogens (primary N) is 1. The third-order valence-corrected chi connectivity index (χ3v) is 5.45. The second-order valence-electron chi connectivity index (χ2n) is 5.08. The Morgan fingerprint density at radius 2 is 1.81 bits per heavy atom. The molecule has 4 nitrogen and oxygen atoms in total. The molecule has 6 heteroatoms. The summed E-state index contributed by atoms with van der Waals surface area (Å²) in [7, 11) is -3.74. The van der Waals surface area contributed by atoms with Crippen LogP contribution in [0.2, 0.25) is 0 Å². The Labute approximate surface area is 123 Å². The zero-order valence-electron chi connectivity index (χ0n) is 11.3. The minimum atomic E-state index is -3.74. The summed E-state index contributed by atoms with van der Waals surface area (Å²) >= 11 is 0. The van der Waals surface area contributed by atoms with Gasteiger partial charge in [-0.3, -0.25) is 0 Å². The fraction of sp³-hybridized carbons (Fsp3) is 0.200. The lowest BCUT2D eigenvalue weighted by Crippen LogP contribution is -2.36. The van der Waals surface area contributed by atoms with Gasteiger partial charge in [0.2, 0.25) is 10.0 Å². The molecule has 0 atom stereocenters. The van der Waals surface area contributed by atoms with E-state index >= 15 is 0 Å². The van der Waals surface area contributed by atoms with Gasteiger partial charge in [-0.2, -0.15) is 4.31 Å². The Bertz CT molecular complexity index is 770. The summed E-state index contributed by atoms with van der Waals surface area (Å²) in [4.78, 5) is -0.0978. The molecule has 2 N–H and O–H groups in total. The van der Waals surface area contributed by atoms with E-state index in [4.69, 9.17) is 5.73 Å². The van der Waals surface area contributed by atoms with Gasteiger partial charge in [-0.15, -0.1) is 0 Å². The summed E-state index contributed by atoms with van der Waals surface area (Å²) in [5, 5.41) is 0. The molecular formula is C15H15FN2O2S. The molecule has 110 valence electrons. The maximum Gasteiger partial charge on any atom is 0.243 e. The molecule has 0 unspecified atom stereocenters. The third kappa shape index (κ3) is 2.64. The molecule has 0 bridgehead atoms. The highest BCUT2D eigenvalue weighted by Crippen LogP contribution is 2.26. The smallest absolute Gasteiger partial charge is 0.243 e. The maximum atomic E-state index is 13.4. The van der Waals surface area contributed by atoms with Crippen LogP contribution >= 0.6 is 0 Å². The lowest BCUT2D eigenvalue weighted by Gasteiger charge is -2.28. The van der Waals surface area contributed by atoms with E-state index in [0.29, 0.717) is 19.5 Å². The summed E-state index contributed by atoms with van der Waals surface area (Å²) in [5.74, 6) is -0.647. The van der Waals surface area contributed by atoms with Crippen LogP contribution in [-0.2, 0) is 23.0 Å². The zero-order valence-corrected chi connectivity index (χ0v) is 12.1. The van der Waals surface area contributed by atoms with Gasteiger partial charge in [-0.05, 0) is 35.7 Å². The van der Waals surface area contributed by atoms with E-state index in [0.717, 1.165) is 23.3 Å². The van der Waals surface area contributed by atoms with E-state index in [9.17, 15) is 12.8 Å². The van der Waals surface area contributed by atoms with Crippen molar-refractivity contribution in [3.63, 3.8) is 0 Å². The summed E-state index contributed by atoms with van der Waals surface area (Å²) in [6.07, 6.45) is 0.653. The fourth-order valence-corrected chi connectivity index (χ4v) is 4.04. The number of benzene rings is 2. The Balaban J connectivity index is 1.97. The van der Waals surface area contributed by atoms with Crippen molar-refractivity contribution in [3.8, 4) is 0 Å². The maximum absolute atomic E-state index is 13.4. The molecule has 0 radical (unpaired) electrons. The first-order valence-corrected chi connectivity index (χ1v) is 8.04. The molecule has 2 aromatic carbocycles. The highest BCUT2D eigenvalue weighted by molar-refractivity contribution is 7.89. The van der Waals surface area contributed by atoms with Crippen molar-refractivity contribution in [1.29, 1.82) is 0 Å². The van der Waals surface area contributed by atoms with Crippen molar-refractivity contribution in [2.45, 2.75) is 17.9 Å². The normalized spacial score (nSPS) is 15.7. The number of hydrogen-bond acceptors (Lipinski definition) is 3. The average Bonchev–Trinajstić information content (AvgIpc) is 2.45. The van der Waals surface area contributed by atoms with Crippen LogP contribution in [0.4, 0.5) is 10.1 Å². The minimum Gasteiger partial charge on any atom is -0.399 e. The molecule has 0 aliphatic carbocycles. The van der Waals surface area contributed by atoms with E-state index in [1.807, 2.05) is 24.3 Å². The summed E-state index contributed by atoms with van der Waals surface area (Å²) in [6, 6.07) is 11.1. The van der Waals surface area contributed by atoms with Gasteiger partial charge in [0, 0.05) is 18.8 Å². The highest BCUT2D eigenvalue weighted by atomic mass is 32.2. The van der Waals surface area contributed by atoms with Crippen molar-refractivity contribution in [1.82, 2.24) is 4.31 Å². The van der Waals surface area contributed by atoms with Crippen LogP contribution in [0.15, 0.2) is 47.4 Å². The Morgan fingerprint density at radius 1 is 1.10 bits per heavy atom. The van der Waals surface area contributed by atoms with Crippen LogP contribution < -0.4 is 5.73 Å².